The average Bonchev–Trinajstić information content (AvgIpc) is 3.32. The molecule has 0 atom stereocenters. The van der Waals surface area contributed by atoms with Crippen LogP contribution in [0.3, 0.4) is 0 Å². The van der Waals surface area contributed by atoms with Gasteiger partial charge in [-0.1, -0.05) is 42.5 Å². The fourth-order valence-corrected chi connectivity index (χ4v) is 6.62. The standard InChI is InChI=1S/C29H25N3O3S2/c1-20-12-17-25-27(18-20)36-29(31-25)22-13-15-23(16-14-22)30-28(33)19-32(26-11-7-6-8-21(26)2)37(34,35)24-9-4-3-5-10-24/h3-18H,19H2,1-2H3,(H,30,33). The van der Waals surface area contributed by atoms with Crippen LogP contribution in [-0.2, 0) is 14.8 Å². The van der Waals surface area contributed by atoms with Crippen LogP contribution in [0.4, 0.5) is 11.4 Å². The lowest BCUT2D eigenvalue weighted by atomic mass is 10.2. The molecule has 0 unspecified atom stereocenters. The van der Waals surface area contributed by atoms with Gasteiger partial charge in [-0.05, 0) is 79.6 Å². The monoisotopic (exact) mass is 527 g/mol. The largest absolute Gasteiger partial charge is 0.325 e. The van der Waals surface area contributed by atoms with Crippen molar-refractivity contribution in [3.63, 3.8) is 0 Å². The summed E-state index contributed by atoms with van der Waals surface area (Å²) in [6.07, 6.45) is 0. The third-order valence-electron chi connectivity index (χ3n) is 5.96. The van der Waals surface area contributed by atoms with E-state index < -0.39 is 15.9 Å². The van der Waals surface area contributed by atoms with Gasteiger partial charge in [0.05, 0.1) is 20.8 Å². The number of amides is 1. The van der Waals surface area contributed by atoms with Crippen molar-refractivity contribution in [3.05, 3.63) is 108 Å². The van der Waals surface area contributed by atoms with Gasteiger partial charge < -0.3 is 5.32 Å². The Bertz CT molecular complexity index is 1680. The second-order valence-corrected chi connectivity index (χ2v) is 11.6. The Morgan fingerprint density at radius 3 is 2.32 bits per heavy atom. The number of benzene rings is 4. The molecule has 0 radical (unpaired) electrons. The van der Waals surface area contributed by atoms with Gasteiger partial charge in [0.15, 0.2) is 0 Å². The summed E-state index contributed by atoms with van der Waals surface area (Å²) in [7, 11) is -3.96. The van der Waals surface area contributed by atoms with Gasteiger partial charge in [0.1, 0.15) is 11.6 Å². The number of sulfonamides is 1. The third kappa shape index (κ3) is 5.26. The third-order valence-corrected chi connectivity index (χ3v) is 8.80. The maximum Gasteiger partial charge on any atom is 0.264 e. The van der Waals surface area contributed by atoms with Gasteiger partial charge in [-0.15, -0.1) is 11.3 Å². The highest BCUT2D eigenvalue weighted by molar-refractivity contribution is 7.92. The Labute approximate surface area is 220 Å². The number of anilines is 2. The molecule has 4 aromatic carbocycles. The number of aryl methyl sites for hydroxylation is 2. The summed E-state index contributed by atoms with van der Waals surface area (Å²) in [4.78, 5) is 17.9. The Morgan fingerprint density at radius 2 is 1.59 bits per heavy atom. The molecule has 1 N–H and O–H groups in total. The van der Waals surface area contributed by atoms with Gasteiger partial charge in [0.2, 0.25) is 5.91 Å². The molecular weight excluding hydrogens is 502 g/mol. The van der Waals surface area contributed by atoms with Gasteiger partial charge in [0, 0.05) is 11.3 Å². The summed E-state index contributed by atoms with van der Waals surface area (Å²) in [6, 6.07) is 28.8. The van der Waals surface area contributed by atoms with E-state index in [4.69, 9.17) is 4.98 Å². The lowest BCUT2D eigenvalue weighted by molar-refractivity contribution is -0.114. The molecule has 1 aromatic heterocycles. The minimum absolute atomic E-state index is 0.126. The van der Waals surface area contributed by atoms with Crippen molar-refractivity contribution in [1.82, 2.24) is 4.98 Å². The summed E-state index contributed by atoms with van der Waals surface area (Å²) in [5.41, 5.74) is 4.89. The quantitative estimate of drug-likeness (QED) is 0.265. The molecule has 0 bridgehead atoms. The average molecular weight is 528 g/mol. The highest BCUT2D eigenvalue weighted by Crippen LogP contribution is 2.31. The van der Waals surface area contributed by atoms with Gasteiger partial charge in [-0.2, -0.15) is 0 Å². The van der Waals surface area contributed by atoms with E-state index in [-0.39, 0.29) is 11.4 Å². The second-order valence-electron chi connectivity index (χ2n) is 8.73. The molecule has 0 aliphatic rings. The first kappa shape index (κ1) is 24.7. The van der Waals surface area contributed by atoms with E-state index in [0.29, 0.717) is 11.4 Å². The molecule has 0 fully saturated rings. The van der Waals surface area contributed by atoms with Crippen LogP contribution in [0.1, 0.15) is 11.1 Å². The van der Waals surface area contributed by atoms with E-state index in [1.165, 1.54) is 17.7 Å². The van der Waals surface area contributed by atoms with Crippen LogP contribution in [0.2, 0.25) is 0 Å². The first-order valence-corrected chi connectivity index (χ1v) is 14.0. The Morgan fingerprint density at radius 1 is 0.892 bits per heavy atom. The molecule has 1 amide bonds. The number of carbonyl (C=O) groups is 1. The maximum atomic E-state index is 13.5. The molecule has 1 heterocycles. The highest BCUT2D eigenvalue weighted by Gasteiger charge is 2.28. The smallest absolute Gasteiger partial charge is 0.264 e. The number of thiazole rings is 1. The van der Waals surface area contributed by atoms with Gasteiger partial charge in [-0.25, -0.2) is 13.4 Å². The Hall–Kier alpha value is -4.01. The lowest BCUT2D eigenvalue weighted by Crippen LogP contribution is -2.38. The number of aromatic nitrogens is 1. The van der Waals surface area contributed by atoms with Crippen molar-refractivity contribution >= 4 is 48.9 Å². The van der Waals surface area contributed by atoms with Crippen LogP contribution >= 0.6 is 11.3 Å². The number of hydrogen-bond donors (Lipinski definition) is 1. The molecule has 5 rings (SSSR count). The molecule has 0 saturated carbocycles. The molecule has 0 spiro atoms. The molecule has 186 valence electrons. The summed E-state index contributed by atoms with van der Waals surface area (Å²) in [6.45, 7) is 3.52. The van der Waals surface area contributed by atoms with Crippen LogP contribution in [0, 0.1) is 13.8 Å². The van der Waals surface area contributed by atoms with Crippen LogP contribution in [0.25, 0.3) is 20.8 Å². The number of fused-ring (bicyclic) bond motifs is 1. The minimum Gasteiger partial charge on any atom is -0.325 e. The number of nitrogens with zero attached hydrogens (tertiary/aromatic N) is 2. The van der Waals surface area contributed by atoms with Crippen molar-refractivity contribution in [2.45, 2.75) is 18.7 Å². The number of rotatable bonds is 7. The zero-order valence-corrected chi connectivity index (χ0v) is 22.0. The first-order valence-electron chi connectivity index (χ1n) is 11.7. The van der Waals surface area contributed by atoms with Crippen LogP contribution in [0.15, 0.2) is 102 Å². The summed E-state index contributed by atoms with van der Waals surface area (Å²) < 4.78 is 29.3. The topological polar surface area (TPSA) is 79.4 Å². The van der Waals surface area contributed by atoms with Gasteiger partial charge in [0.25, 0.3) is 10.0 Å². The molecule has 8 heteroatoms. The number of nitrogens with one attached hydrogen (secondary N) is 1. The van der Waals surface area contributed by atoms with Crippen LogP contribution in [0.5, 0.6) is 0 Å². The van der Waals surface area contributed by atoms with E-state index in [9.17, 15) is 13.2 Å². The molecule has 5 aromatic rings. The van der Waals surface area contributed by atoms with Crippen LogP contribution < -0.4 is 9.62 Å². The molecule has 37 heavy (non-hydrogen) atoms. The number of carbonyl (C=O) groups excluding carboxylic acids is 1. The van der Waals surface area contributed by atoms with E-state index in [1.807, 2.05) is 43.3 Å². The molecule has 0 aliphatic carbocycles. The molecular formula is C29H25N3O3S2. The minimum atomic E-state index is -3.96. The zero-order chi connectivity index (χ0) is 26.0. The van der Waals surface area contributed by atoms with E-state index >= 15 is 0 Å². The predicted octanol–water partition coefficient (Wildman–Crippen LogP) is 6.41. The van der Waals surface area contributed by atoms with E-state index in [2.05, 4.69) is 18.3 Å². The number of hydrogen-bond acceptors (Lipinski definition) is 5. The fraction of sp³-hybridized carbons (Fsp3) is 0.103. The SMILES string of the molecule is Cc1ccc2nc(-c3ccc(NC(=O)CN(c4ccccc4C)S(=O)(=O)c4ccccc4)cc3)sc2c1. The number of para-hydroxylation sites is 1. The van der Waals surface area contributed by atoms with Gasteiger partial charge >= 0.3 is 0 Å². The second kappa shape index (κ2) is 10.2. The van der Waals surface area contributed by atoms with Crippen molar-refractivity contribution in [2.75, 3.05) is 16.2 Å². The summed E-state index contributed by atoms with van der Waals surface area (Å²) >= 11 is 1.62. The van der Waals surface area contributed by atoms with Crippen molar-refractivity contribution in [2.24, 2.45) is 0 Å². The van der Waals surface area contributed by atoms with E-state index in [0.717, 1.165) is 30.7 Å². The van der Waals surface area contributed by atoms with Crippen molar-refractivity contribution in [1.29, 1.82) is 0 Å². The lowest BCUT2D eigenvalue weighted by Gasteiger charge is -2.25. The predicted molar refractivity (Wildman–Crippen MR) is 151 cm³/mol. The maximum absolute atomic E-state index is 13.5. The van der Waals surface area contributed by atoms with Crippen LogP contribution in [-0.4, -0.2) is 25.9 Å². The Kier molecular flexibility index (Phi) is 6.78. The Balaban J connectivity index is 1.37. The molecule has 6 nitrogen and oxygen atoms in total. The van der Waals surface area contributed by atoms with Gasteiger partial charge in [-0.3, -0.25) is 9.10 Å². The fourth-order valence-electron chi connectivity index (χ4n) is 4.04. The summed E-state index contributed by atoms with van der Waals surface area (Å²) in [5, 5.41) is 3.74. The first-order chi connectivity index (χ1) is 17.8. The normalized spacial score (nSPS) is 11.4. The highest BCUT2D eigenvalue weighted by atomic mass is 32.2. The van der Waals surface area contributed by atoms with Crippen molar-refractivity contribution < 1.29 is 13.2 Å². The molecule has 0 saturated heterocycles. The zero-order valence-electron chi connectivity index (χ0n) is 20.4. The summed E-state index contributed by atoms with van der Waals surface area (Å²) in [5.74, 6) is -0.439. The van der Waals surface area contributed by atoms with Crippen molar-refractivity contribution in [3.8, 4) is 10.6 Å². The van der Waals surface area contributed by atoms with E-state index in [1.54, 1.807) is 53.8 Å². The molecule has 0 aliphatic heterocycles.